The number of para-hydroxylation sites is 3. The van der Waals surface area contributed by atoms with Crippen LogP contribution in [0.15, 0.2) is 121 Å². The Balaban J connectivity index is 1.39. The van der Waals surface area contributed by atoms with Gasteiger partial charge in [-0.3, -0.25) is 4.90 Å². The van der Waals surface area contributed by atoms with Gasteiger partial charge in [-0.15, -0.1) is 5.10 Å². The number of carbonyl (C=O) groups is 1. The Labute approximate surface area is 191 Å². The Morgan fingerprint density at radius 1 is 0.667 bits per heavy atom. The number of carbonyl (C=O) groups excluding carboxylic acids is 1. The highest BCUT2D eigenvalue weighted by Gasteiger charge is 2.22. The number of rotatable bonds is 5. The van der Waals surface area contributed by atoms with Gasteiger partial charge < -0.3 is 4.74 Å². The highest BCUT2D eigenvalue weighted by atomic mass is 16.5. The zero-order valence-corrected chi connectivity index (χ0v) is 17.7. The monoisotopic (exact) mass is 432 g/mol. The molecule has 6 nitrogen and oxygen atoms in total. The molecule has 0 unspecified atom stereocenters. The van der Waals surface area contributed by atoms with Crippen molar-refractivity contribution in [3.8, 4) is 22.8 Å². The summed E-state index contributed by atoms with van der Waals surface area (Å²) >= 11 is 0. The molecule has 33 heavy (non-hydrogen) atoms. The zero-order chi connectivity index (χ0) is 22.5. The molecule has 0 bridgehead atoms. The van der Waals surface area contributed by atoms with Gasteiger partial charge in [0, 0.05) is 5.56 Å². The van der Waals surface area contributed by atoms with Gasteiger partial charge in [0.25, 0.3) is 0 Å². The maximum atomic E-state index is 13.4. The van der Waals surface area contributed by atoms with Crippen molar-refractivity contribution < 1.29 is 9.53 Å². The first-order valence-electron chi connectivity index (χ1n) is 10.5. The second-order valence-corrected chi connectivity index (χ2v) is 7.25. The molecule has 0 atom stereocenters. The maximum absolute atomic E-state index is 13.4. The summed E-state index contributed by atoms with van der Waals surface area (Å²) in [5, 5.41) is 8.68. The lowest BCUT2D eigenvalue weighted by Gasteiger charge is -2.21. The Morgan fingerprint density at radius 3 is 1.76 bits per heavy atom. The molecule has 0 fully saturated rings. The number of amides is 1. The van der Waals surface area contributed by atoms with Crippen molar-refractivity contribution in [2.75, 3.05) is 4.90 Å². The topological polar surface area (TPSA) is 60.2 Å². The predicted octanol–water partition coefficient (Wildman–Crippen LogP) is 6.54. The van der Waals surface area contributed by atoms with Gasteiger partial charge in [0.1, 0.15) is 17.2 Å². The van der Waals surface area contributed by atoms with Gasteiger partial charge in [-0.05, 0) is 60.7 Å². The summed E-state index contributed by atoms with van der Waals surface area (Å²) in [4.78, 5) is 16.1. The van der Waals surface area contributed by atoms with Gasteiger partial charge in [-0.25, -0.2) is 4.79 Å². The first kappa shape index (κ1) is 20.2. The van der Waals surface area contributed by atoms with E-state index in [4.69, 9.17) is 4.74 Å². The van der Waals surface area contributed by atoms with E-state index in [2.05, 4.69) is 10.2 Å². The molecule has 160 valence electrons. The lowest BCUT2D eigenvalue weighted by atomic mass is 10.2. The fourth-order valence-corrected chi connectivity index (χ4v) is 3.42. The molecule has 0 radical (unpaired) electrons. The lowest BCUT2D eigenvalue weighted by Crippen LogP contribution is -2.32. The first-order valence-corrected chi connectivity index (χ1v) is 10.5. The summed E-state index contributed by atoms with van der Waals surface area (Å²) in [6.07, 6.45) is 1.58. The van der Waals surface area contributed by atoms with Crippen molar-refractivity contribution >= 4 is 17.4 Å². The second-order valence-electron chi connectivity index (χ2n) is 7.25. The molecule has 0 aliphatic heterocycles. The number of aromatic nitrogens is 3. The van der Waals surface area contributed by atoms with Crippen LogP contribution < -0.4 is 9.64 Å². The van der Waals surface area contributed by atoms with Crippen molar-refractivity contribution in [2.24, 2.45) is 0 Å². The van der Waals surface area contributed by atoms with E-state index < -0.39 is 0 Å². The quantitative estimate of drug-likeness (QED) is 0.316. The third kappa shape index (κ3) is 4.50. The summed E-state index contributed by atoms with van der Waals surface area (Å²) < 4.78 is 5.84. The van der Waals surface area contributed by atoms with Gasteiger partial charge in [0.2, 0.25) is 0 Å². The molecular weight excluding hydrogens is 412 g/mol. The largest absolute Gasteiger partial charge is 0.457 e. The molecule has 4 aromatic carbocycles. The van der Waals surface area contributed by atoms with Crippen molar-refractivity contribution in [1.29, 1.82) is 0 Å². The molecule has 1 heterocycles. The molecule has 0 N–H and O–H groups in total. The fourth-order valence-electron chi connectivity index (χ4n) is 3.42. The molecular formula is C27H20N4O2. The van der Waals surface area contributed by atoms with Crippen LogP contribution in [0.4, 0.5) is 16.2 Å². The Bertz CT molecular complexity index is 1300. The number of ether oxygens (including phenoxy) is 1. The van der Waals surface area contributed by atoms with Crippen molar-refractivity contribution in [3.05, 3.63) is 121 Å². The van der Waals surface area contributed by atoms with Crippen LogP contribution >= 0.6 is 0 Å². The van der Waals surface area contributed by atoms with Crippen LogP contribution in [0.2, 0.25) is 0 Å². The normalized spacial score (nSPS) is 10.5. The molecule has 5 rings (SSSR count). The predicted molar refractivity (Wildman–Crippen MR) is 128 cm³/mol. The van der Waals surface area contributed by atoms with Gasteiger partial charge >= 0.3 is 6.03 Å². The van der Waals surface area contributed by atoms with E-state index in [-0.39, 0.29) is 6.03 Å². The molecule has 1 aromatic heterocycles. The number of nitrogens with zero attached hydrogens (tertiary/aromatic N) is 4. The van der Waals surface area contributed by atoms with Crippen LogP contribution in [-0.2, 0) is 0 Å². The molecule has 1 amide bonds. The highest BCUT2D eigenvalue weighted by molar-refractivity contribution is 5.99. The average molecular weight is 432 g/mol. The van der Waals surface area contributed by atoms with E-state index in [1.807, 2.05) is 115 Å². The zero-order valence-electron chi connectivity index (χ0n) is 17.7. The summed E-state index contributed by atoms with van der Waals surface area (Å²) in [7, 11) is 0. The Morgan fingerprint density at radius 2 is 1.18 bits per heavy atom. The fraction of sp³-hybridized carbons (Fsp3) is 0. The highest BCUT2D eigenvalue weighted by Crippen LogP contribution is 2.27. The van der Waals surface area contributed by atoms with E-state index in [0.717, 1.165) is 27.5 Å². The summed E-state index contributed by atoms with van der Waals surface area (Å²) in [6, 6.07) is 35.6. The molecule has 0 saturated heterocycles. The minimum absolute atomic E-state index is 0.373. The summed E-state index contributed by atoms with van der Waals surface area (Å²) in [6.45, 7) is 0. The van der Waals surface area contributed by atoms with E-state index >= 15 is 0 Å². The third-order valence-electron chi connectivity index (χ3n) is 5.01. The molecule has 6 heteroatoms. The van der Waals surface area contributed by atoms with Crippen LogP contribution in [0.1, 0.15) is 0 Å². The first-order chi connectivity index (χ1) is 16.3. The average Bonchev–Trinajstić information content (AvgIpc) is 3.37. The molecule has 0 saturated carbocycles. The molecule has 0 aliphatic rings. The van der Waals surface area contributed by atoms with E-state index in [1.54, 1.807) is 11.1 Å². The van der Waals surface area contributed by atoms with Crippen LogP contribution in [0.5, 0.6) is 11.5 Å². The molecule has 0 aliphatic carbocycles. The van der Waals surface area contributed by atoms with Crippen molar-refractivity contribution in [2.45, 2.75) is 0 Å². The summed E-state index contributed by atoms with van der Waals surface area (Å²) in [5.74, 6) is 1.48. The van der Waals surface area contributed by atoms with Crippen molar-refractivity contribution in [1.82, 2.24) is 15.0 Å². The Hall–Kier alpha value is -4.71. The van der Waals surface area contributed by atoms with Gasteiger partial charge in [-0.2, -0.15) is 5.10 Å². The van der Waals surface area contributed by atoms with Gasteiger partial charge in [0.15, 0.2) is 0 Å². The standard InChI is InChI=1S/C27H20N4O2/c32-27(30(22-10-4-1-5-11-22)23-12-6-2-7-13-23)31-28-20-26(29-31)21-16-18-25(19-17-21)33-24-14-8-3-9-15-24/h1-20H. The van der Waals surface area contributed by atoms with Gasteiger partial charge in [-0.1, -0.05) is 59.4 Å². The van der Waals surface area contributed by atoms with Crippen LogP contribution in [0.25, 0.3) is 11.3 Å². The number of hydrogen-bond acceptors (Lipinski definition) is 4. The van der Waals surface area contributed by atoms with Gasteiger partial charge in [0.05, 0.1) is 17.6 Å². The number of anilines is 2. The number of benzene rings is 4. The van der Waals surface area contributed by atoms with E-state index in [0.29, 0.717) is 11.4 Å². The van der Waals surface area contributed by atoms with Crippen molar-refractivity contribution in [3.63, 3.8) is 0 Å². The van der Waals surface area contributed by atoms with Crippen LogP contribution in [0, 0.1) is 0 Å². The third-order valence-corrected chi connectivity index (χ3v) is 5.01. The maximum Gasteiger partial charge on any atom is 0.371 e. The minimum atomic E-state index is -0.373. The lowest BCUT2D eigenvalue weighted by molar-refractivity contribution is 0.244. The molecule has 0 spiro atoms. The van der Waals surface area contributed by atoms with Crippen LogP contribution in [-0.4, -0.2) is 21.0 Å². The van der Waals surface area contributed by atoms with E-state index in [1.165, 1.54) is 0 Å². The Kier molecular flexibility index (Phi) is 5.63. The van der Waals surface area contributed by atoms with Crippen LogP contribution in [0.3, 0.4) is 0 Å². The summed E-state index contributed by atoms with van der Waals surface area (Å²) in [5.41, 5.74) is 2.89. The molecule has 5 aromatic rings. The SMILES string of the molecule is O=C(N(c1ccccc1)c1ccccc1)n1ncc(-c2ccc(Oc3ccccc3)cc2)n1. The minimum Gasteiger partial charge on any atom is -0.457 e. The van der Waals surface area contributed by atoms with E-state index in [9.17, 15) is 4.79 Å². The second kappa shape index (κ2) is 9.20. The smallest absolute Gasteiger partial charge is 0.371 e. The number of hydrogen-bond donors (Lipinski definition) is 0.